The van der Waals surface area contributed by atoms with Crippen molar-refractivity contribution in [2.45, 2.75) is 40.0 Å². The van der Waals surface area contributed by atoms with Gasteiger partial charge < -0.3 is 0 Å². The van der Waals surface area contributed by atoms with Crippen LogP contribution in [0.5, 0.6) is 0 Å². The monoisotopic (exact) mass is 308 g/mol. The smallest absolute Gasteiger partial charge is 0.260 e. The summed E-state index contributed by atoms with van der Waals surface area (Å²) in [5.74, 6) is 0.283. The Hall–Kier alpha value is -1.42. The van der Waals surface area contributed by atoms with Crippen LogP contribution in [-0.2, 0) is 11.2 Å². The maximum absolute atomic E-state index is 12.6. The van der Waals surface area contributed by atoms with Crippen LogP contribution in [0.4, 0.5) is 0 Å². The van der Waals surface area contributed by atoms with Crippen LogP contribution in [-0.4, -0.2) is 28.2 Å². The summed E-state index contributed by atoms with van der Waals surface area (Å²) in [4.78, 5) is 30.2. The van der Waals surface area contributed by atoms with Crippen molar-refractivity contribution >= 4 is 23.4 Å². The fourth-order valence-corrected chi connectivity index (χ4v) is 2.82. The van der Waals surface area contributed by atoms with E-state index in [1.54, 1.807) is 12.1 Å². The van der Waals surface area contributed by atoms with Crippen molar-refractivity contribution in [3.8, 4) is 0 Å². The molecule has 1 atom stereocenters. The van der Waals surface area contributed by atoms with E-state index in [-0.39, 0.29) is 17.7 Å². The van der Waals surface area contributed by atoms with Crippen molar-refractivity contribution < 1.29 is 9.59 Å². The number of likely N-dealkylation sites (tertiary alicyclic amines) is 1. The number of aryl methyl sites for hydroxylation is 1. The maximum atomic E-state index is 12.6. The zero-order valence-corrected chi connectivity index (χ0v) is 13.5. The van der Waals surface area contributed by atoms with E-state index in [1.807, 2.05) is 6.92 Å². The Morgan fingerprint density at radius 2 is 2.19 bits per heavy atom. The Morgan fingerprint density at radius 3 is 2.76 bits per heavy atom. The van der Waals surface area contributed by atoms with Crippen LogP contribution >= 0.6 is 11.6 Å². The predicted octanol–water partition coefficient (Wildman–Crippen LogP) is 3.33. The van der Waals surface area contributed by atoms with Crippen molar-refractivity contribution in [3.05, 3.63) is 28.5 Å². The molecule has 4 nitrogen and oxygen atoms in total. The molecule has 1 aliphatic rings. The average Bonchev–Trinajstić information content (AvgIpc) is 2.80. The summed E-state index contributed by atoms with van der Waals surface area (Å²) in [6.45, 7) is 6.70. The molecular formula is C16H21ClN2O2. The van der Waals surface area contributed by atoms with E-state index in [4.69, 9.17) is 11.6 Å². The van der Waals surface area contributed by atoms with Crippen molar-refractivity contribution in [3.63, 3.8) is 0 Å². The first kappa shape index (κ1) is 16.0. The van der Waals surface area contributed by atoms with Crippen molar-refractivity contribution in [2.24, 2.45) is 11.8 Å². The second-order valence-electron chi connectivity index (χ2n) is 5.94. The SMILES string of the molecule is CCCc1cc(C(=O)N2CC(C(C)C)CC2=O)cc(Cl)n1. The third-order valence-corrected chi connectivity index (χ3v) is 4.14. The highest BCUT2D eigenvalue weighted by Crippen LogP contribution is 2.26. The molecule has 2 rings (SSSR count). The standard InChI is InChI=1S/C16H21ClN2O2/c1-4-5-13-6-11(7-14(17)18-13)16(21)19-9-12(10(2)3)8-15(19)20/h6-7,10,12H,4-5,8-9H2,1-3H3. The maximum Gasteiger partial charge on any atom is 0.260 e. The molecule has 0 N–H and O–H groups in total. The molecule has 0 bridgehead atoms. The highest BCUT2D eigenvalue weighted by molar-refractivity contribution is 6.29. The van der Waals surface area contributed by atoms with Crippen LogP contribution in [0, 0.1) is 11.8 Å². The molecule has 114 valence electrons. The van der Waals surface area contributed by atoms with E-state index in [0.717, 1.165) is 18.5 Å². The summed E-state index contributed by atoms with van der Waals surface area (Å²) in [6, 6.07) is 3.28. The molecule has 1 aromatic heterocycles. The molecule has 2 heterocycles. The van der Waals surface area contributed by atoms with E-state index in [1.165, 1.54) is 4.90 Å². The summed E-state index contributed by atoms with van der Waals surface area (Å²) in [7, 11) is 0. The first-order chi connectivity index (χ1) is 9.92. The summed E-state index contributed by atoms with van der Waals surface area (Å²) in [6.07, 6.45) is 2.15. The Morgan fingerprint density at radius 1 is 1.48 bits per heavy atom. The molecule has 1 fully saturated rings. The Bertz CT molecular complexity index is 557. The van der Waals surface area contributed by atoms with Crippen LogP contribution in [0.2, 0.25) is 5.15 Å². The fourth-order valence-electron chi connectivity index (χ4n) is 2.59. The van der Waals surface area contributed by atoms with Gasteiger partial charge in [-0.25, -0.2) is 4.98 Å². The van der Waals surface area contributed by atoms with Gasteiger partial charge in [-0.1, -0.05) is 38.8 Å². The Kier molecular flexibility index (Phi) is 4.99. The van der Waals surface area contributed by atoms with E-state index in [9.17, 15) is 9.59 Å². The number of nitrogens with zero attached hydrogens (tertiary/aromatic N) is 2. The lowest BCUT2D eigenvalue weighted by molar-refractivity contribution is -0.125. The van der Waals surface area contributed by atoms with Crippen LogP contribution in [0.25, 0.3) is 0 Å². The van der Waals surface area contributed by atoms with Crippen molar-refractivity contribution in [1.29, 1.82) is 0 Å². The highest BCUT2D eigenvalue weighted by Gasteiger charge is 2.35. The zero-order chi connectivity index (χ0) is 15.6. The molecule has 0 aliphatic carbocycles. The zero-order valence-electron chi connectivity index (χ0n) is 12.7. The first-order valence-electron chi connectivity index (χ1n) is 7.43. The minimum absolute atomic E-state index is 0.0938. The average molecular weight is 309 g/mol. The lowest BCUT2D eigenvalue weighted by Gasteiger charge is -2.17. The number of amides is 2. The molecule has 1 saturated heterocycles. The van der Waals surface area contributed by atoms with Gasteiger partial charge in [-0.2, -0.15) is 0 Å². The number of imide groups is 1. The summed E-state index contributed by atoms with van der Waals surface area (Å²) >= 11 is 5.99. The summed E-state index contributed by atoms with van der Waals surface area (Å²) < 4.78 is 0. The summed E-state index contributed by atoms with van der Waals surface area (Å²) in [5, 5.41) is 0.302. The molecule has 1 aliphatic heterocycles. The molecule has 1 unspecified atom stereocenters. The van der Waals surface area contributed by atoms with Gasteiger partial charge in [0.05, 0.1) is 0 Å². The minimum Gasteiger partial charge on any atom is -0.278 e. The highest BCUT2D eigenvalue weighted by atomic mass is 35.5. The fraction of sp³-hybridized carbons (Fsp3) is 0.562. The van der Waals surface area contributed by atoms with Gasteiger partial charge in [0.15, 0.2) is 0 Å². The van der Waals surface area contributed by atoms with Crippen LogP contribution in [0.3, 0.4) is 0 Å². The van der Waals surface area contributed by atoms with E-state index in [2.05, 4.69) is 18.8 Å². The molecule has 21 heavy (non-hydrogen) atoms. The van der Waals surface area contributed by atoms with Crippen LogP contribution in [0.15, 0.2) is 12.1 Å². The Labute approximate surface area is 130 Å². The van der Waals surface area contributed by atoms with Gasteiger partial charge >= 0.3 is 0 Å². The normalized spacial score (nSPS) is 18.6. The van der Waals surface area contributed by atoms with Crippen LogP contribution in [0.1, 0.15) is 49.7 Å². The van der Waals surface area contributed by atoms with E-state index < -0.39 is 0 Å². The molecule has 1 aromatic rings. The molecule has 0 aromatic carbocycles. The van der Waals surface area contributed by atoms with Gasteiger partial charge in [0.25, 0.3) is 5.91 Å². The molecule has 2 amide bonds. The molecular weight excluding hydrogens is 288 g/mol. The van der Waals surface area contributed by atoms with Crippen LogP contribution < -0.4 is 0 Å². The molecule has 0 spiro atoms. The largest absolute Gasteiger partial charge is 0.278 e. The second-order valence-corrected chi connectivity index (χ2v) is 6.32. The second kappa shape index (κ2) is 6.56. The number of pyridine rings is 1. The van der Waals surface area contributed by atoms with Gasteiger partial charge in [-0.05, 0) is 30.4 Å². The van der Waals surface area contributed by atoms with Gasteiger partial charge in [0.2, 0.25) is 5.91 Å². The number of rotatable bonds is 4. The molecule has 0 saturated carbocycles. The third-order valence-electron chi connectivity index (χ3n) is 3.94. The van der Waals surface area contributed by atoms with Gasteiger partial charge in [-0.15, -0.1) is 0 Å². The van der Waals surface area contributed by atoms with Crippen molar-refractivity contribution in [1.82, 2.24) is 9.88 Å². The predicted molar refractivity (Wildman–Crippen MR) is 82.2 cm³/mol. The van der Waals surface area contributed by atoms with E-state index in [0.29, 0.717) is 29.6 Å². The summed E-state index contributed by atoms with van der Waals surface area (Å²) in [5.41, 5.74) is 1.25. The number of carbonyl (C=O) groups excluding carboxylic acids is 2. The topological polar surface area (TPSA) is 50.3 Å². The quantitative estimate of drug-likeness (QED) is 0.633. The number of halogens is 1. The number of hydrogen-bond donors (Lipinski definition) is 0. The van der Waals surface area contributed by atoms with Gasteiger partial charge in [0.1, 0.15) is 5.15 Å². The lowest BCUT2D eigenvalue weighted by Crippen LogP contribution is -2.32. The number of aromatic nitrogens is 1. The minimum atomic E-state index is -0.259. The van der Waals surface area contributed by atoms with Crippen molar-refractivity contribution in [2.75, 3.05) is 6.54 Å². The number of carbonyl (C=O) groups is 2. The van der Waals surface area contributed by atoms with E-state index >= 15 is 0 Å². The molecule has 0 radical (unpaired) electrons. The number of hydrogen-bond acceptors (Lipinski definition) is 3. The first-order valence-corrected chi connectivity index (χ1v) is 7.81. The third kappa shape index (κ3) is 3.62. The van der Waals surface area contributed by atoms with Gasteiger partial charge in [0, 0.05) is 24.2 Å². The molecule has 5 heteroatoms. The lowest BCUT2D eigenvalue weighted by atomic mass is 9.95. The van der Waals surface area contributed by atoms with Gasteiger partial charge in [-0.3, -0.25) is 14.5 Å². The Balaban J connectivity index is 2.22.